The molecule has 0 aromatic heterocycles. The van der Waals surface area contributed by atoms with Crippen molar-refractivity contribution in [2.24, 2.45) is 11.1 Å². The lowest BCUT2D eigenvalue weighted by Gasteiger charge is -2.31. The van der Waals surface area contributed by atoms with Gasteiger partial charge in [0.1, 0.15) is 5.82 Å². The van der Waals surface area contributed by atoms with Gasteiger partial charge in [-0.15, -0.1) is 0 Å². The van der Waals surface area contributed by atoms with E-state index >= 15 is 0 Å². The quantitative estimate of drug-likeness (QED) is 0.808. The lowest BCUT2D eigenvalue weighted by molar-refractivity contribution is 0.176. The summed E-state index contributed by atoms with van der Waals surface area (Å²) in [6.45, 7) is 10.1. The molecule has 0 fully saturated rings. The lowest BCUT2D eigenvalue weighted by Crippen LogP contribution is -2.38. The van der Waals surface area contributed by atoms with E-state index < -0.39 is 0 Å². The van der Waals surface area contributed by atoms with Crippen molar-refractivity contribution in [3.63, 3.8) is 0 Å². The molecule has 1 aromatic rings. The number of halogens is 1. The minimum absolute atomic E-state index is 0.120. The smallest absolute Gasteiger partial charge is 0.123 e. The summed E-state index contributed by atoms with van der Waals surface area (Å²) in [6.07, 6.45) is 1.11. The monoisotopic (exact) mass is 252 g/mol. The van der Waals surface area contributed by atoms with Gasteiger partial charge in [-0.25, -0.2) is 4.39 Å². The van der Waals surface area contributed by atoms with E-state index in [0.29, 0.717) is 6.54 Å². The summed E-state index contributed by atoms with van der Waals surface area (Å²) in [5.74, 6) is -0.178. The fourth-order valence-electron chi connectivity index (χ4n) is 2.05. The number of nitrogens with two attached hydrogens (primary N) is 1. The number of benzene rings is 1. The molecule has 1 rings (SSSR count). The van der Waals surface area contributed by atoms with E-state index in [0.717, 1.165) is 31.6 Å². The van der Waals surface area contributed by atoms with Crippen LogP contribution >= 0.6 is 0 Å². The van der Waals surface area contributed by atoms with E-state index in [1.165, 1.54) is 12.1 Å². The van der Waals surface area contributed by atoms with Crippen LogP contribution in [-0.4, -0.2) is 24.5 Å². The van der Waals surface area contributed by atoms with Gasteiger partial charge in [0.2, 0.25) is 0 Å². The van der Waals surface area contributed by atoms with E-state index in [4.69, 9.17) is 5.73 Å². The van der Waals surface area contributed by atoms with E-state index in [1.807, 2.05) is 12.1 Å². The number of nitrogens with zero attached hydrogens (tertiary/aromatic N) is 1. The molecule has 0 aliphatic rings. The molecule has 0 saturated carbocycles. The zero-order chi connectivity index (χ0) is 13.6. The first-order chi connectivity index (χ1) is 8.46. The Labute approximate surface area is 110 Å². The zero-order valence-electron chi connectivity index (χ0n) is 11.7. The first-order valence-corrected chi connectivity index (χ1v) is 6.64. The highest BCUT2D eigenvalue weighted by Gasteiger charge is 2.19. The molecule has 102 valence electrons. The summed E-state index contributed by atoms with van der Waals surface area (Å²) >= 11 is 0. The van der Waals surface area contributed by atoms with Crippen LogP contribution in [0.15, 0.2) is 24.3 Å². The zero-order valence-corrected chi connectivity index (χ0v) is 11.7. The summed E-state index contributed by atoms with van der Waals surface area (Å²) in [4.78, 5) is 2.39. The van der Waals surface area contributed by atoms with Crippen molar-refractivity contribution in [3.8, 4) is 0 Å². The van der Waals surface area contributed by atoms with Gasteiger partial charge >= 0.3 is 0 Å². The normalized spacial score (nSPS) is 12.1. The van der Waals surface area contributed by atoms with Gasteiger partial charge < -0.3 is 5.73 Å². The minimum Gasteiger partial charge on any atom is -0.330 e. The molecule has 0 bridgehead atoms. The van der Waals surface area contributed by atoms with Crippen molar-refractivity contribution in [3.05, 3.63) is 35.6 Å². The van der Waals surface area contributed by atoms with Crippen LogP contribution in [0.4, 0.5) is 4.39 Å². The van der Waals surface area contributed by atoms with Crippen molar-refractivity contribution in [1.82, 2.24) is 4.90 Å². The first-order valence-electron chi connectivity index (χ1n) is 6.64. The van der Waals surface area contributed by atoms with Crippen LogP contribution in [0.1, 0.15) is 32.8 Å². The first kappa shape index (κ1) is 15.1. The Balaban J connectivity index is 2.65. The molecule has 0 aliphatic heterocycles. The van der Waals surface area contributed by atoms with E-state index in [-0.39, 0.29) is 11.2 Å². The van der Waals surface area contributed by atoms with Crippen molar-refractivity contribution in [2.45, 2.75) is 33.7 Å². The third-order valence-corrected chi connectivity index (χ3v) is 3.06. The van der Waals surface area contributed by atoms with E-state index in [2.05, 4.69) is 25.7 Å². The van der Waals surface area contributed by atoms with Crippen LogP contribution in [-0.2, 0) is 6.54 Å². The number of hydrogen-bond acceptors (Lipinski definition) is 2. The summed E-state index contributed by atoms with van der Waals surface area (Å²) in [7, 11) is 0. The van der Waals surface area contributed by atoms with Gasteiger partial charge in [0, 0.05) is 13.1 Å². The van der Waals surface area contributed by atoms with Crippen LogP contribution in [0.3, 0.4) is 0 Å². The fourth-order valence-corrected chi connectivity index (χ4v) is 2.05. The van der Waals surface area contributed by atoms with Gasteiger partial charge in [-0.2, -0.15) is 0 Å². The van der Waals surface area contributed by atoms with Crippen LogP contribution in [0.2, 0.25) is 0 Å². The van der Waals surface area contributed by atoms with Crippen molar-refractivity contribution in [2.75, 3.05) is 19.6 Å². The van der Waals surface area contributed by atoms with Crippen LogP contribution in [0, 0.1) is 11.2 Å². The Morgan fingerprint density at radius 3 is 2.33 bits per heavy atom. The molecule has 0 radical (unpaired) electrons. The maximum absolute atomic E-state index is 12.9. The van der Waals surface area contributed by atoms with E-state index in [9.17, 15) is 4.39 Å². The largest absolute Gasteiger partial charge is 0.330 e. The average molecular weight is 252 g/mol. The molecule has 1 aromatic carbocycles. The van der Waals surface area contributed by atoms with Crippen molar-refractivity contribution >= 4 is 0 Å². The molecule has 0 saturated heterocycles. The molecular formula is C15H25FN2. The standard InChI is InChI=1S/C15H25FN2/c1-4-9-18(12-15(2,3)11-17)10-13-5-7-14(16)8-6-13/h5-8H,4,9-12,17H2,1-3H3. The van der Waals surface area contributed by atoms with E-state index in [1.54, 1.807) is 0 Å². The second kappa shape index (κ2) is 6.86. The molecule has 0 aliphatic carbocycles. The Morgan fingerprint density at radius 1 is 1.22 bits per heavy atom. The molecule has 3 heteroatoms. The molecule has 0 unspecified atom stereocenters. The molecule has 2 N–H and O–H groups in total. The van der Waals surface area contributed by atoms with Gasteiger partial charge in [-0.05, 0) is 42.6 Å². The van der Waals surface area contributed by atoms with Gasteiger partial charge in [0.05, 0.1) is 0 Å². The molecule has 0 heterocycles. The molecule has 2 nitrogen and oxygen atoms in total. The summed E-state index contributed by atoms with van der Waals surface area (Å²) < 4.78 is 12.9. The molecular weight excluding hydrogens is 227 g/mol. The summed E-state index contributed by atoms with van der Waals surface area (Å²) in [5.41, 5.74) is 7.06. The van der Waals surface area contributed by atoms with Gasteiger partial charge in [-0.1, -0.05) is 32.9 Å². The van der Waals surface area contributed by atoms with Gasteiger partial charge in [-0.3, -0.25) is 4.90 Å². The third-order valence-electron chi connectivity index (χ3n) is 3.06. The van der Waals surface area contributed by atoms with Crippen LogP contribution in [0.5, 0.6) is 0 Å². The fraction of sp³-hybridized carbons (Fsp3) is 0.600. The molecule has 0 spiro atoms. The molecule has 18 heavy (non-hydrogen) atoms. The van der Waals surface area contributed by atoms with Crippen molar-refractivity contribution < 1.29 is 4.39 Å². The lowest BCUT2D eigenvalue weighted by atomic mass is 9.93. The summed E-state index contributed by atoms with van der Waals surface area (Å²) in [6, 6.07) is 6.75. The summed E-state index contributed by atoms with van der Waals surface area (Å²) in [5, 5.41) is 0. The number of hydrogen-bond donors (Lipinski definition) is 1. The SMILES string of the molecule is CCCN(Cc1ccc(F)cc1)CC(C)(C)CN. The van der Waals surface area contributed by atoms with Gasteiger partial charge in [0.25, 0.3) is 0 Å². The van der Waals surface area contributed by atoms with Crippen LogP contribution in [0.25, 0.3) is 0 Å². The topological polar surface area (TPSA) is 29.3 Å². The maximum Gasteiger partial charge on any atom is 0.123 e. The highest BCUT2D eigenvalue weighted by molar-refractivity contribution is 5.15. The number of rotatable bonds is 7. The Kier molecular flexibility index (Phi) is 5.76. The maximum atomic E-state index is 12.9. The highest BCUT2D eigenvalue weighted by atomic mass is 19.1. The Hall–Kier alpha value is -0.930. The molecule has 0 atom stereocenters. The van der Waals surface area contributed by atoms with Crippen molar-refractivity contribution in [1.29, 1.82) is 0 Å². The average Bonchev–Trinajstić information content (AvgIpc) is 2.32. The minimum atomic E-state index is -0.178. The highest BCUT2D eigenvalue weighted by Crippen LogP contribution is 2.17. The Morgan fingerprint density at radius 2 is 1.83 bits per heavy atom. The Bertz CT molecular complexity index is 346. The van der Waals surface area contributed by atoms with Gasteiger partial charge in [0.15, 0.2) is 0 Å². The predicted molar refractivity (Wildman–Crippen MR) is 74.8 cm³/mol. The second-order valence-electron chi connectivity index (χ2n) is 5.71. The predicted octanol–water partition coefficient (Wildman–Crippen LogP) is 3.02. The van der Waals surface area contributed by atoms with Crippen LogP contribution < -0.4 is 5.73 Å². The second-order valence-corrected chi connectivity index (χ2v) is 5.71. The third kappa shape index (κ3) is 5.15. The molecule has 0 amide bonds.